The van der Waals surface area contributed by atoms with E-state index < -0.39 is 0 Å². The number of hydrogen-bond donors (Lipinski definition) is 2. The van der Waals surface area contributed by atoms with Crippen molar-refractivity contribution in [1.29, 1.82) is 0 Å². The highest BCUT2D eigenvalue weighted by atomic mass is 14.9. The van der Waals surface area contributed by atoms with Gasteiger partial charge in [-0.2, -0.15) is 0 Å². The third kappa shape index (κ3) is 2.46. The first-order valence-corrected chi connectivity index (χ1v) is 4.60. The topological polar surface area (TPSA) is 24.1 Å². The lowest BCUT2D eigenvalue weighted by Crippen LogP contribution is -2.42. The minimum absolute atomic E-state index is 0.733. The van der Waals surface area contributed by atoms with Crippen molar-refractivity contribution in [2.45, 2.75) is 38.3 Å². The van der Waals surface area contributed by atoms with Crippen molar-refractivity contribution >= 4 is 0 Å². The van der Waals surface area contributed by atoms with Gasteiger partial charge in [-0.05, 0) is 39.3 Å². The number of hydrogen-bond acceptors (Lipinski definition) is 2. The van der Waals surface area contributed by atoms with E-state index in [1.165, 1.54) is 19.3 Å². The molecule has 0 spiro atoms. The van der Waals surface area contributed by atoms with Crippen molar-refractivity contribution in [2.24, 2.45) is 5.92 Å². The standard InChI is InChI=1S/C9H20N2/c1-7-4-8(10-2)6-9(5-7)11-3/h7-11H,4-6H2,1-3H3. The molecule has 1 rings (SSSR count). The molecular weight excluding hydrogens is 136 g/mol. The Morgan fingerprint density at radius 1 is 0.909 bits per heavy atom. The molecule has 0 bridgehead atoms. The smallest absolute Gasteiger partial charge is 0.00814 e. The second-order valence-electron chi connectivity index (χ2n) is 3.78. The fourth-order valence-corrected chi connectivity index (χ4v) is 2.07. The molecule has 0 aliphatic heterocycles. The summed E-state index contributed by atoms with van der Waals surface area (Å²) in [7, 11) is 4.13. The highest BCUT2D eigenvalue weighted by molar-refractivity contribution is 4.83. The lowest BCUT2D eigenvalue weighted by atomic mass is 9.84. The van der Waals surface area contributed by atoms with Gasteiger partial charge in [-0.25, -0.2) is 0 Å². The van der Waals surface area contributed by atoms with E-state index in [0.717, 1.165) is 18.0 Å². The molecule has 0 aromatic heterocycles. The molecule has 66 valence electrons. The fraction of sp³-hybridized carbons (Fsp3) is 1.00. The molecule has 0 heterocycles. The monoisotopic (exact) mass is 156 g/mol. The van der Waals surface area contributed by atoms with Gasteiger partial charge in [0.15, 0.2) is 0 Å². The van der Waals surface area contributed by atoms with Crippen molar-refractivity contribution in [2.75, 3.05) is 14.1 Å². The zero-order valence-electron chi connectivity index (χ0n) is 7.85. The lowest BCUT2D eigenvalue weighted by Gasteiger charge is -2.32. The molecule has 0 aromatic carbocycles. The molecule has 2 nitrogen and oxygen atoms in total. The van der Waals surface area contributed by atoms with Crippen molar-refractivity contribution in [1.82, 2.24) is 10.6 Å². The maximum absolute atomic E-state index is 3.36. The van der Waals surface area contributed by atoms with Crippen LogP contribution < -0.4 is 10.6 Å². The first-order valence-electron chi connectivity index (χ1n) is 4.60. The molecule has 2 atom stereocenters. The normalized spacial score (nSPS) is 39.0. The quantitative estimate of drug-likeness (QED) is 0.623. The minimum atomic E-state index is 0.733. The zero-order chi connectivity index (χ0) is 8.27. The summed E-state index contributed by atoms with van der Waals surface area (Å²) in [5, 5.41) is 6.72. The molecule has 11 heavy (non-hydrogen) atoms. The third-order valence-electron chi connectivity index (χ3n) is 2.76. The van der Waals surface area contributed by atoms with Gasteiger partial charge in [0.25, 0.3) is 0 Å². The van der Waals surface area contributed by atoms with E-state index in [1.807, 2.05) is 0 Å². The molecule has 2 heteroatoms. The lowest BCUT2D eigenvalue weighted by molar-refractivity contribution is 0.260. The van der Waals surface area contributed by atoms with Crippen LogP contribution in [0, 0.1) is 5.92 Å². The van der Waals surface area contributed by atoms with Gasteiger partial charge < -0.3 is 10.6 Å². The zero-order valence-corrected chi connectivity index (χ0v) is 7.85. The number of nitrogens with one attached hydrogen (secondary N) is 2. The van der Waals surface area contributed by atoms with E-state index in [4.69, 9.17) is 0 Å². The largest absolute Gasteiger partial charge is 0.317 e. The van der Waals surface area contributed by atoms with E-state index in [0.29, 0.717) is 0 Å². The van der Waals surface area contributed by atoms with Gasteiger partial charge in [0.05, 0.1) is 0 Å². The molecule has 1 aliphatic rings. The summed E-state index contributed by atoms with van der Waals surface area (Å²) in [5.74, 6) is 0.874. The van der Waals surface area contributed by atoms with Crippen LogP contribution in [0.4, 0.5) is 0 Å². The highest BCUT2D eigenvalue weighted by Gasteiger charge is 2.23. The Balaban J connectivity index is 2.37. The molecule has 0 saturated heterocycles. The molecular formula is C9H20N2. The Kier molecular flexibility index (Phi) is 3.34. The third-order valence-corrected chi connectivity index (χ3v) is 2.76. The molecule has 0 amide bonds. The van der Waals surface area contributed by atoms with E-state index in [9.17, 15) is 0 Å². The summed E-state index contributed by atoms with van der Waals surface area (Å²) in [6, 6.07) is 1.47. The van der Waals surface area contributed by atoms with Crippen molar-refractivity contribution in [3.05, 3.63) is 0 Å². The SMILES string of the molecule is CNC1CC(C)CC(NC)C1. The number of rotatable bonds is 2. The Hall–Kier alpha value is -0.0800. The first-order chi connectivity index (χ1) is 5.26. The average Bonchev–Trinajstić information content (AvgIpc) is 2.03. The second kappa shape index (κ2) is 4.07. The Morgan fingerprint density at radius 2 is 1.36 bits per heavy atom. The summed E-state index contributed by atoms with van der Waals surface area (Å²) < 4.78 is 0. The molecule has 1 fully saturated rings. The van der Waals surface area contributed by atoms with E-state index >= 15 is 0 Å². The Labute approximate surface area is 69.8 Å². The van der Waals surface area contributed by atoms with Crippen LogP contribution in [0.2, 0.25) is 0 Å². The average molecular weight is 156 g/mol. The summed E-state index contributed by atoms with van der Waals surface area (Å²) >= 11 is 0. The van der Waals surface area contributed by atoms with Crippen molar-refractivity contribution in [3.8, 4) is 0 Å². The van der Waals surface area contributed by atoms with Crippen LogP contribution in [0.15, 0.2) is 0 Å². The molecule has 0 radical (unpaired) electrons. The highest BCUT2D eigenvalue weighted by Crippen LogP contribution is 2.23. The Morgan fingerprint density at radius 3 is 1.73 bits per heavy atom. The van der Waals surface area contributed by atoms with E-state index in [1.54, 1.807) is 0 Å². The van der Waals surface area contributed by atoms with E-state index in [2.05, 4.69) is 31.7 Å². The summed E-state index contributed by atoms with van der Waals surface area (Å²) in [6.45, 7) is 2.34. The molecule has 2 N–H and O–H groups in total. The van der Waals surface area contributed by atoms with Crippen LogP contribution >= 0.6 is 0 Å². The van der Waals surface area contributed by atoms with Crippen molar-refractivity contribution in [3.63, 3.8) is 0 Å². The fourth-order valence-electron chi connectivity index (χ4n) is 2.07. The van der Waals surface area contributed by atoms with Crippen LogP contribution in [0.3, 0.4) is 0 Å². The molecule has 1 aliphatic carbocycles. The summed E-state index contributed by atoms with van der Waals surface area (Å²) in [6.07, 6.45) is 3.97. The van der Waals surface area contributed by atoms with Gasteiger partial charge >= 0.3 is 0 Å². The predicted molar refractivity (Wildman–Crippen MR) is 48.7 cm³/mol. The molecule has 0 aromatic rings. The second-order valence-corrected chi connectivity index (χ2v) is 3.78. The maximum Gasteiger partial charge on any atom is 0.00814 e. The van der Waals surface area contributed by atoms with Crippen LogP contribution in [-0.4, -0.2) is 26.2 Å². The van der Waals surface area contributed by atoms with Gasteiger partial charge in [0, 0.05) is 12.1 Å². The van der Waals surface area contributed by atoms with Gasteiger partial charge in [0.1, 0.15) is 0 Å². The molecule has 1 saturated carbocycles. The van der Waals surface area contributed by atoms with Gasteiger partial charge in [-0.15, -0.1) is 0 Å². The van der Waals surface area contributed by atoms with E-state index in [-0.39, 0.29) is 0 Å². The van der Waals surface area contributed by atoms with Crippen LogP contribution in [0.1, 0.15) is 26.2 Å². The summed E-state index contributed by atoms with van der Waals surface area (Å²) in [4.78, 5) is 0. The van der Waals surface area contributed by atoms with Gasteiger partial charge in [-0.3, -0.25) is 0 Å². The first kappa shape index (κ1) is 9.01. The summed E-state index contributed by atoms with van der Waals surface area (Å²) in [5.41, 5.74) is 0. The van der Waals surface area contributed by atoms with Gasteiger partial charge in [0.2, 0.25) is 0 Å². The predicted octanol–water partition coefficient (Wildman–Crippen LogP) is 0.982. The van der Waals surface area contributed by atoms with Crippen LogP contribution in [0.5, 0.6) is 0 Å². The van der Waals surface area contributed by atoms with Crippen molar-refractivity contribution < 1.29 is 0 Å². The Bertz CT molecular complexity index is 102. The minimum Gasteiger partial charge on any atom is -0.317 e. The maximum atomic E-state index is 3.36. The molecule has 2 unspecified atom stereocenters. The van der Waals surface area contributed by atoms with Crippen LogP contribution in [-0.2, 0) is 0 Å². The van der Waals surface area contributed by atoms with Gasteiger partial charge in [-0.1, -0.05) is 6.92 Å². The van der Waals surface area contributed by atoms with Crippen LogP contribution in [0.25, 0.3) is 0 Å².